The van der Waals surface area contributed by atoms with E-state index in [0.717, 1.165) is 12.3 Å². The Bertz CT molecular complexity index is 971. The first kappa shape index (κ1) is 19.8. The van der Waals surface area contributed by atoms with Gasteiger partial charge in [0.15, 0.2) is 10.8 Å². The molecule has 9 heteroatoms. The number of fused-ring (bicyclic) bond motifs is 1. The first-order chi connectivity index (χ1) is 13.8. The molecule has 3 heterocycles. The van der Waals surface area contributed by atoms with Crippen LogP contribution in [0.5, 0.6) is 0 Å². The third-order valence-corrected chi connectivity index (χ3v) is 6.23. The summed E-state index contributed by atoms with van der Waals surface area (Å²) in [5.74, 6) is -0.840. The van der Waals surface area contributed by atoms with Crippen molar-refractivity contribution in [3.8, 4) is 0 Å². The monoisotopic (exact) mass is 418 g/mol. The fourth-order valence-electron chi connectivity index (χ4n) is 3.76. The molecule has 1 saturated heterocycles. The van der Waals surface area contributed by atoms with Crippen LogP contribution in [0.1, 0.15) is 29.4 Å². The van der Waals surface area contributed by atoms with Gasteiger partial charge in [0.2, 0.25) is 0 Å². The van der Waals surface area contributed by atoms with Gasteiger partial charge in [-0.2, -0.15) is 0 Å². The molecule has 1 aromatic carbocycles. The summed E-state index contributed by atoms with van der Waals surface area (Å²) in [6.07, 6.45) is 0.947. The number of benzene rings is 1. The maximum atomic E-state index is 16.1. The number of ether oxygens (including phenoxy) is 1. The molecule has 152 valence electrons. The van der Waals surface area contributed by atoms with Crippen LogP contribution in [-0.2, 0) is 10.3 Å². The number of aliphatic imine (C=N–C) groups is 1. The molecule has 0 spiro atoms. The molecule has 2 aliphatic heterocycles. The largest absolute Gasteiger partial charge is 0.379 e. The second kappa shape index (κ2) is 7.38. The first-order valence-electron chi connectivity index (χ1n) is 9.13. The van der Waals surface area contributed by atoms with Crippen LogP contribution in [-0.4, -0.2) is 40.2 Å². The molecule has 0 unspecified atom stereocenters. The van der Waals surface area contributed by atoms with Crippen molar-refractivity contribution in [3.63, 3.8) is 0 Å². The quantitative estimate of drug-likeness (QED) is 0.799. The third-order valence-electron chi connectivity index (χ3n) is 5.24. The number of rotatable bonds is 3. The number of amidine groups is 1. The van der Waals surface area contributed by atoms with Gasteiger partial charge in [0, 0.05) is 17.9 Å². The lowest BCUT2D eigenvalue weighted by molar-refractivity contribution is -0.106. The molecule has 3 atom stereocenters. The van der Waals surface area contributed by atoms with E-state index in [2.05, 4.69) is 15.3 Å². The minimum absolute atomic E-state index is 0.0584. The summed E-state index contributed by atoms with van der Waals surface area (Å²) in [4.78, 5) is 20.7. The average Bonchev–Trinajstić information content (AvgIpc) is 2.69. The van der Waals surface area contributed by atoms with Gasteiger partial charge in [-0.15, -0.1) is 0 Å². The third kappa shape index (κ3) is 3.60. The van der Waals surface area contributed by atoms with Gasteiger partial charge in [-0.25, -0.2) is 18.8 Å². The van der Waals surface area contributed by atoms with E-state index in [1.807, 2.05) is 6.92 Å². The minimum atomic E-state index is -1.63. The van der Waals surface area contributed by atoms with E-state index in [1.54, 1.807) is 24.3 Å². The standard InChI is InChI=1S/C20H20F2N4O2S/c1-12-8-19(22)11-29-18(23)26-20(19,10-28-12)13-3-2-4-15(7-13)25-17(27)16-6-5-14(21)9-24-16/h2-7,9,12H,8,10-11H2,1H3,(H2,23,26)(H,25,27)/t12-,19+,20+/m0/s1. The van der Waals surface area contributed by atoms with Crippen LogP contribution in [0.2, 0.25) is 0 Å². The zero-order valence-electron chi connectivity index (χ0n) is 15.7. The molecule has 0 bridgehead atoms. The molecule has 0 aliphatic carbocycles. The molecule has 2 aromatic rings. The predicted molar refractivity (Wildman–Crippen MR) is 108 cm³/mol. The zero-order chi connectivity index (χ0) is 20.6. The minimum Gasteiger partial charge on any atom is -0.379 e. The number of hydrogen-bond acceptors (Lipinski definition) is 6. The lowest BCUT2D eigenvalue weighted by Crippen LogP contribution is -2.60. The summed E-state index contributed by atoms with van der Waals surface area (Å²) in [7, 11) is 0. The lowest BCUT2D eigenvalue weighted by atomic mass is 9.73. The summed E-state index contributed by atoms with van der Waals surface area (Å²) < 4.78 is 34.9. The van der Waals surface area contributed by atoms with E-state index in [0.29, 0.717) is 16.4 Å². The number of nitrogens with one attached hydrogen (secondary N) is 1. The number of pyridine rings is 1. The Morgan fingerprint density at radius 2 is 2.21 bits per heavy atom. The topological polar surface area (TPSA) is 89.6 Å². The van der Waals surface area contributed by atoms with Crippen molar-refractivity contribution in [3.05, 3.63) is 59.7 Å². The molecular formula is C20H20F2N4O2S. The second-order valence-electron chi connectivity index (χ2n) is 7.29. The van der Waals surface area contributed by atoms with Crippen LogP contribution in [0.3, 0.4) is 0 Å². The molecule has 1 aromatic heterocycles. The van der Waals surface area contributed by atoms with Crippen LogP contribution in [0.4, 0.5) is 14.5 Å². The summed E-state index contributed by atoms with van der Waals surface area (Å²) in [5.41, 5.74) is 4.13. The summed E-state index contributed by atoms with van der Waals surface area (Å²) >= 11 is 1.20. The molecule has 0 saturated carbocycles. The van der Waals surface area contributed by atoms with E-state index in [1.165, 1.54) is 17.8 Å². The van der Waals surface area contributed by atoms with Crippen molar-refractivity contribution in [2.45, 2.75) is 30.7 Å². The van der Waals surface area contributed by atoms with Crippen LogP contribution >= 0.6 is 11.8 Å². The van der Waals surface area contributed by atoms with E-state index in [4.69, 9.17) is 10.5 Å². The Kier molecular flexibility index (Phi) is 5.04. The summed E-state index contributed by atoms with van der Waals surface area (Å²) in [5, 5.41) is 3.02. The summed E-state index contributed by atoms with van der Waals surface area (Å²) in [6.45, 7) is 1.90. The highest BCUT2D eigenvalue weighted by Crippen LogP contribution is 2.51. The predicted octanol–water partition coefficient (Wildman–Crippen LogP) is 3.25. The molecule has 29 heavy (non-hydrogen) atoms. The maximum Gasteiger partial charge on any atom is 0.274 e. The number of halogens is 2. The molecule has 1 fully saturated rings. The molecule has 3 N–H and O–H groups in total. The number of hydrogen-bond donors (Lipinski definition) is 2. The number of amides is 1. The highest BCUT2D eigenvalue weighted by molar-refractivity contribution is 8.13. The number of carbonyl (C=O) groups excluding carboxylic acids is 1. The van der Waals surface area contributed by atoms with Crippen LogP contribution in [0, 0.1) is 5.82 Å². The van der Waals surface area contributed by atoms with E-state index < -0.39 is 22.9 Å². The van der Waals surface area contributed by atoms with Crippen molar-refractivity contribution < 1.29 is 18.3 Å². The molecular weight excluding hydrogens is 398 g/mol. The SMILES string of the molecule is C[C@H]1C[C@@]2(F)CSC(N)=N[C@@]2(c2cccc(NC(=O)c3ccc(F)cn3)c2)CO1. The zero-order valence-corrected chi connectivity index (χ0v) is 16.5. The van der Waals surface area contributed by atoms with E-state index >= 15 is 4.39 Å². The van der Waals surface area contributed by atoms with E-state index in [9.17, 15) is 9.18 Å². The Labute approximate surface area is 170 Å². The van der Waals surface area contributed by atoms with Gasteiger partial charge in [0.1, 0.15) is 17.1 Å². The van der Waals surface area contributed by atoms with Gasteiger partial charge < -0.3 is 15.8 Å². The Balaban J connectivity index is 1.67. The molecule has 6 nitrogen and oxygen atoms in total. The van der Waals surface area contributed by atoms with Gasteiger partial charge in [-0.05, 0) is 36.8 Å². The van der Waals surface area contributed by atoms with Crippen molar-refractivity contribution in [1.82, 2.24) is 4.98 Å². The Morgan fingerprint density at radius 3 is 2.97 bits per heavy atom. The van der Waals surface area contributed by atoms with Gasteiger partial charge in [0.25, 0.3) is 5.91 Å². The van der Waals surface area contributed by atoms with Crippen molar-refractivity contribution in [2.75, 3.05) is 17.7 Å². The van der Waals surface area contributed by atoms with Crippen LogP contribution in [0.25, 0.3) is 0 Å². The smallest absolute Gasteiger partial charge is 0.274 e. The molecule has 4 rings (SSSR count). The van der Waals surface area contributed by atoms with Crippen molar-refractivity contribution in [2.24, 2.45) is 10.7 Å². The van der Waals surface area contributed by atoms with Gasteiger partial charge >= 0.3 is 0 Å². The summed E-state index contributed by atoms with van der Waals surface area (Å²) in [6, 6.07) is 9.27. The van der Waals surface area contributed by atoms with Gasteiger partial charge in [-0.1, -0.05) is 23.9 Å². The number of carbonyl (C=O) groups is 1. The normalized spacial score (nSPS) is 28.9. The fourth-order valence-corrected chi connectivity index (χ4v) is 4.71. The second-order valence-corrected chi connectivity index (χ2v) is 8.28. The van der Waals surface area contributed by atoms with E-state index in [-0.39, 0.29) is 30.6 Å². The first-order valence-corrected chi connectivity index (χ1v) is 10.1. The number of nitrogens with zero attached hydrogens (tertiary/aromatic N) is 2. The Morgan fingerprint density at radius 1 is 1.38 bits per heavy atom. The van der Waals surface area contributed by atoms with Crippen LogP contribution in [0.15, 0.2) is 47.6 Å². The van der Waals surface area contributed by atoms with Crippen molar-refractivity contribution >= 4 is 28.5 Å². The fraction of sp³-hybridized carbons (Fsp3) is 0.350. The number of alkyl halides is 1. The van der Waals surface area contributed by atoms with Gasteiger partial charge in [0.05, 0.1) is 18.9 Å². The number of nitrogens with two attached hydrogens (primary N) is 1. The van der Waals surface area contributed by atoms with Gasteiger partial charge in [-0.3, -0.25) is 4.79 Å². The molecule has 0 radical (unpaired) electrons. The lowest BCUT2D eigenvalue weighted by Gasteiger charge is -2.49. The number of anilines is 1. The Hall–Kier alpha value is -2.52. The molecule has 2 aliphatic rings. The highest BCUT2D eigenvalue weighted by Gasteiger charge is 2.59. The number of aromatic nitrogens is 1. The highest BCUT2D eigenvalue weighted by atomic mass is 32.2. The van der Waals surface area contributed by atoms with Crippen molar-refractivity contribution in [1.29, 1.82) is 0 Å². The molecule has 1 amide bonds. The maximum absolute atomic E-state index is 16.1. The average molecular weight is 418 g/mol. The van der Waals surface area contributed by atoms with Crippen LogP contribution < -0.4 is 11.1 Å². The number of thioether (sulfide) groups is 1.